The SMILES string of the molecule is Cc1cc(C(=O)c2cc(C)n(C)n2)sn1. The second-order valence-corrected chi connectivity index (χ2v) is 4.26. The Kier molecular flexibility index (Phi) is 2.40. The van der Waals surface area contributed by atoms with E-state index in [2.05, 4.69) is 9.47 Å². The van der Waals surface area contributed by atoms with E-state index in [4.69, 9.17) is 0 Å². The van der Waals surface area contributed by atoms with Crippen LogP contribution in [0.1, 0.15) is 26.8 Å². The standard InChI is InChI=1S/C10H11N3OS/c1-6-4-9(15-12-6)10(14)8-5-7(2)13(3)11-8/h4-5H,1-3H3. The fourth-order valence-electron chi connectivity index (χ4n) is 1.27. The molecule has 0 atom stereocenters. The summed E-state index contributed by atoms with van der Waals surface area (Å²) in [6.45, 7) is 3.79. The van der Waals surface area contributed by atoms with Crippen molar-refractivity contribution in [1.29, 1.82) is 0 Å². The topological polar surface area (TPSA) is 47.8 Å². The zero-order valence-corrected chi connectivity index (χ0v) is 9.63. The monoisotopic (exact) mass is 221 g/mol. The van der Waals surface area contributed by atoms with E-state index in [0.29, 0.717) is 10.6 Å². The van der Waals surface area contributed by atoms with Gasteiger partial charge in [-0.15, -0.1) is 0 Å². The maximum absolute atomic E-state index is 11.9. The second kappa shape index (κ2) is 3.58. The lowest BCUT2D eigenvalue weighted by Crippen LogP contribution is -2.01. The van der Waals surface area contributed by atoms with Crippen molar-refractivity contribution in [3.05, 3.63) is 34.1 Å². The van der Waals surface area contributed by atoms with E-state index < -0.39 is 0 Å². The Bertz CT molecular complexity index is 493. The number of hydrogen-bond acceptors (Lipinski definition) is 4. The molecule has 0 bridgehead atoms. The molecule has 0 aliphatic carbocycles. The number of aromatic nitrogens is 3. The third kappa shape index (κ3) is 1.83. The molecule has 0 fully saturated rings. The third-order valence-electron chi connectivity index (χ3n) is 2.20. The largest absolute Gasteiger partial charge is 0.286 e. The van der Waals surface area contributed by atoms with Crippen LogP contribution in [0.5, 0.6) is 0 Å². The Morgan fingerprint density at radius 2 is 2.13 bits per heavy atom. The first kappa shape index (κ1) is 10.0. The van der Waals surface area contributed by atoms with Crippen molar-refractivity contribution in [3.63, 3.8) is 0 Å². The molecular formula is C10H11N3OS. The molecule has 0 spiro atoms. The Morgan fingerprint density at radius 1 is 1.40 bits per heavy atom. The Hall–Kier alpha value is -1.49. The summed E-state index contributed by atoms with van der Waals surface area (Å²) < 4.78 is 5.77. The van der Waals surface area contributed by atoms with Crippen molar-refractivity contribution in [2.75, 3.05) is 0 Å². The fourth-order valence-corrected chi connectivity index (χ4v) is 1.97. The van der Waals surface area contributed by atoms with Crippen molar-refractivity contribution in [2.45, 2.75) is 13.8 Å². The van der Waals surface area contributed by atoms with Crippen LogP contribution in [-0.2, 0) is 7.05 Å². The smallest absolute Gasteiger partial charge is 0.224 e. The summed E-state index contributed by atoms with van der Waals surface area (Å²) in [5.74, 6) is -0.0516. The average molecular weight is 221 g/mol. The number of nitrogens with zero attached hydrogens (tertiary/aromatic N) is 3. The van der Waals surface area contributed by atoms with Crippen molar-refractivity contribution >= 4 is 17.3 Å². The van der Waals surface area contributed by atoms with Crippen LogP contribution in [0.2, 0.25) is 0 Å². The molecule has 2 heterocycles. The number of carbonyl (C=O) groups is 1. The van der Waals surface area contributed by atoms with Crippen molar-refractivity contribution in [1.82, 2.24) is 14.2 Å². The van der Waals surface area contributed by atoms with E-state index in [9.17, 15) is 4.79 Å². The van der Waals surface area contributed by atoms with Crippen LogP contribution in [-0.4, -0.2) is 19.9 Å². The maximum Gasteiger partial charge on any atom is 0.224 e. The molecule has 5 heteroatoms. The lowest BCUT2D eigenvalue weighted by atomic mass is 10.2. The molecule has 0 aromatic carbocycles. The number of carbonyl (C=O) groups excluding carboxylic acids is 1. The quantitative estimate of drug-likeness (QED) is 0.725. The summed E-state index contributed by atoms with van der Waals surface area (Å²) in [6.07, 6.45) is 0. The molecule has 0 unspecified atom stereocenters. The van der Waals surface area contributed by atoms with Crippen LogP contribution >= 0.6 is 11.5 Å². The molecule has 0 saturated carbocycles. The van der Waals surface area contributed by atoms with Gasteiger partial charge in [0.15, 0.2) is 0 Å². The maximum atomic E-state index is 11.9. The van der Waals surface area contributed by atoms with E-state index in [1.165, 1.54) is 11.5 Å². The minimum absolute atomic E-state index is 0.0516. The van der Waals surface area contributed by atoms with Gasteiger partial charge in [0.1, 0.15) is 5.69 Å². The lowest BCUT2D eigenvalue weighted by molar-refractivity contribution is 0.103. The van der Waals surface area contributed by atoms with Gasteiger partial charge in [-0.25, -0.2) is 0 Å². The van der Waals surface area contributed by atoms with Gasteiger partial charge in [0.25, 0.3) is 0 Å². The predicted octanol–water partition coefficient (Wildman–Crippen LogP) is 1.72. The summed E-state index contributed by atoms with van der Waals surface area (Å²) in [4.78, 5) is 12.6. The summed E-state index contributed by atoms with van der Waals surface area (Å²) in [5.41, 5.74) is 2.33. The Balaban J connectivity index is 2.36. The number of rotatable bonds is 2. The molecule has 2 rings (SSSR count). The van der Waals surface area contributed by atoms with Crippen LogP contribution < -0.4 is 0 Å². The molecule has 78 valence electrons. The van der Waals surface area contributed by atoms with E-state index >= 15 is 0 Å². The molecule has 2 aromatic rings. The van der Waals surface area contributed by atoms with Crippen molar-refractivity contribution in [3.8, 4) is 0 Å². The average Bonchev–Trinajstić information content (AvgIpc) is 2.74. The number of ketones is 1. The van der Waals surface area contributed by atoms with E-state index in [-0.39, 0.29) is 5.78 Å². The zero-order chi connectivity index (χ0) is 11.0. The first-order valence-corrected chi connectivity index (χ1v) is 5.34. The summed E-state index contributed by atoms with van der Waals surface area (Å²) in [5, 5.41) is 4.14. The van der Waals surface area contributed by atoms with Gasteiger partial charge in [0.05, 0.1) is 10.6 Å². The number of aryl methyl sites for hydroxylation is 3. The van der Waals surface area contributed by atoms with Crippen LogP contribution in [0.25, 0.3) is 0 Å². The first-order chi connectivity index (χ1) is 7.08. The fraction of sp³-hybridized carbons (Fsp3) is 0.300. The van der Waals surface area contributed by atoms with Gasteiger partial charge < -0.3 is 0 Å². The second-order valence-electron chi connectivity index (χ2n) is 3.46. The highest BCUT2D eigenvalue weighted by atomic mass is 32.1. The van der Waals surface area contributed by atoms with E-state index in [1.807, 2.05) is 20.9 Å². The zero-order valence-electron chi connectivity index (χ0n) is 8.81. The van der Waals surface area contributed by atoms with Crippen molar-refractivity contribution in [2.24, 2.45) is 7.05 Å². The highest BCUT2D eigenvalue weighted by Crippen LogP contribution is 2.14. The molecule has 0 saturated heterocycles. The third-order valence-corrected chi connectivity index (χ3v) is 3.08. The van der Waals surface area contributed by atoms with Gasteiger partial charge in [0, 0.05) is 12.7 Å². The van der Waals surface area contributed by atoms with E-state index in [1.54, 1.807) is 16.8 Å². The molecule has 2 aromatic heterocycles. The molecule has 4 nitrogen and oxygen atoms in total. The highest BCUT2D eigenvalue weighted by Gasteiger charge is 2.15. The molecule has 0 aliphatic rings. The van der Waals surface area contributed by atoms with E-state index in [0.717, 1.165) is 11.4 Å². The predicted molar refractivity (Wildman–Crippen MR) is 58.2 cm³/mol. The Labute approximate surface area is 91.7 Å². The molecular weight excluding hydrogens is 210 g/mol. The summed E-state index contributed by atoms with van der Waals surface area (Å²) in [7, 11) is 1.82. The van der Waals surface area contributed by atoms with Gasteiger partial charge in [-0.2, -0.15) is 9.47 Å². The van der Waals surface area contributed by atoms with Gasteiger partial charge >= 0.3 is 0 Å². The van der Waals surface area contributed by atoms with Gasteiger partial charge in [0.2, 0.25) is 5.78 Å². The first-order valence-electron chi connectivity index (χ1n) is 4.56. The molecule has 0 amide bonds. The van der Waals surface area contributed by atoms with Crippen LogP contribution in [0.15, 0.2) is 12.1 Å². The van der Waals surface area contributed by atoms with Gasteiger partial charge in [-0.3, -0.25) is 9.48 Å². The lowest BCUT2D eigenvalue weighted by Gasteiger charge is -1.90. The minimum atomic E-state index is -0.0516. The summed E-state index contributed by atoms with van der Waals surface area (Å²) >= 11 is 1.22. The highest BCUT2D eigenvalue weighted by molar-refractivity contribution is 7.08. The Morgan fingerprint density at radius 3 is 2.60 bits per heavy atom. The molecule has 0 aliphatic heterocycles. The molecule has 15 heavy (non-hydrogen) atoms. The van der Waals surface area contributed by atoms with Crippen LogP contribution in [0.3, 0.4) is 0 Å². The van der Waals surface area contributed by atoms with Crippen molar-refractivity contribution < 1.29 is 4.79 Å². The summed E-state index contributed by atoms with van der Waals surface area (Å²) in [6, 6.07) is 3.58. The van der Waals surface area contributed by atoms with Crippen LogP contribution in [0.4, 0.5) is 0 Å². The molecule has 0 radical (unpaired) electrons. The van der Waals surface area contributed by atoms with Crippen LogP contribution in [0, 0.1) is 13.8 Å². The number of hydrogen-bond donors (Lipinski definition) is 0. The molecule has 0 N–H and O–H groups in total. The normalized spacial score (nSPS) is 10.6. The minimum Gasteiger partial charge on any atom is -0.286 e. The van der Waals surface area contributed by atoms with Gasteiger partial charge in [-0.05, 0) is 37.5 Å². The van der Waals surface area contributed by atoms with Gasteiger partial charge in [-0.1, -0.05) is 0 Å².